The second-order valence-corrected chi connectivity index (χ2v) is 7.07. The standard InChI is InChI=1S/C21H18ClN3O2/c1-13-5-4-6-14(11-13)19-23-18-9-10-25(12-16(18)20(26)24-19)21(27)15-7-2-3-8-17(15)22/h2-8,11H,9-10,12H2,1H3,(H,23,24,26). The molecule has 1 aromatic heterocycles. The van der Waals surface area contributed by atoms with E-state index in [9.17, 15) is 9.59 Å². The summed E-state index contributed by atoms with van der Waals surface area (Å²) in [4.78, 5) is 34.6. The number of halogens is 1. The largest absolute Gasteiger partial charge is 0.334 e. The number of carbonyl (C=O) groups excluding carboxylic acids is 1. The second-order valence-electron chi connectivity index (χ2n) is 6.67. The van der Waals surface area contributed by atoms with Crippen LogP contribution in [-0.2, 0) is 13.0 Å². The Morgan fingerprint density at radius 2 is 2.00 bits per heavy atom. The highest BCUT2D eigenvalue weighted by Crippen LogP contribution is 2.23. The number of nitrogens with one attached hydrogen (secondary N) is 1. The topological polar surface area (TPSA) is 66.1 Å². The smallest absolute Gasteiger partial charge is 0.256 e. The molecule has 4 rings (SSSR count). The number of aromatic amines is 1. The molecule has 27 heavy (non-hydrogen) atoms. The predicted molar refractivity (Wildman–Crippen MR) is 105 cm³/mol. The molecule has 1 N–H and O–H groups in total. The van der Waals surface area contributed by atoms with Gasteiger partial charge in [-0.05, 0) is 25.1 Å². The number of carbonyl (C=O) groups is 1. The van der Waals surface area contributed by atoms with E-state index in [4.69, 9.17) is 11.6 Å². The SMILES string of the molecule is Cc1cccc(-c2nc3c(c(=O)[nH]2)CN(C(=O)c2ccccc2Cl)CC3)c1. The lowest BCUT2D eigenvalue weighted by atomic mass is 10.0. The monoisotopic (exact) mass is 379 g/mol. The van der Waals surface area contributed by atoms with Gasteiger partial charge in [0, 0.05) is 18.5 Å². The molecule has 5 nitrogen and oxygen atoms in total. The van der Waals surface area contributed by atoms with Crippen LogP contribution in [0.3, 0.4) is 0 Å². The number of aryl methyl sites for hydroxylation is 1. The molecule has 0 bridgehead atoms. The van der Waals surface area contributed by atoms with E-state index in [-0.39, 0.29) is 18.0 Å². The van der Waals surface area contributed by atoms with Gasteiger partial charge in [0.15, 0.2) is 0 Å². The molecule has 0 atom stereocenters. The Kier molecular flexibility index (Phi) is 4.54. The highest BCUT2D eigenvalue weighted by Gasteiger charge is 2.26. The quantitative estimate of drug-likeness (QED) is 0.739. The van der Waals surface area contributed by atoms with Gasteiger partial charge in [0.2, 0.25) is 0 Å². The number of nitrogens with zero attached hydrogens (tertiary/aromatic N) is 2. The molecular weight excluding hydrogens is 362 g/mol. The lowest BCUT2D eigenvalue weighted by molar-refractivity contribution is 0.0733. The first-order valence-electron chi connectivity index (χ1n) is 8.76. The summed E-state index contributed by atoms with van der Waals surface area (Å²) >= 11 is 6.14. The number of rotatable bonds is 2. The molecule has 0 aliphatic carbocycles. The van der Waals surface area contributed by atoms with Crippen molar-refractivity contribution < 1.29 is 4.79 Å². The zero-order valence-corrected chi connectivity index (χ0v) is 15.6. The van der Waals surface area contributed by atoms with Crippen LogP contribution in [0.4, 0.5) is 0 Å². The lowest BCUT2D eigenvalue weighted by Crippen LogP contribution is -2.39. The molecule has 136 valence electrons. The van der Waals surface area contributed by atoms with Crippen LogP contribution in [0, 0.1) is 6.92 Å². The van der Waals surface area contributed by atoms with Crippen LogP contribution in [0.5, 0.6) is 0 Å². The maximum Gasteiger partial charge on any atom is 0.256 e. The minimum absolute atomic E-state index is 0.173. The summed E-state index contributed by atoms with van der Waals surface area (Å²) in [6.07, 6.45) is 0.536. The highest BCUT2D eigenvalue weighted by atomic mass is 35.5. The number of amides is 1. The summed E-state index contributed by atoms with van der Waals surface area (Å²) < 4.78 is 0. The number of aromatic nitrogens is 2. The molecule has 2 heterocycles. The Morgan fingerprint density at radius 3 is 2.78 bits per heavy atom. The minimum Gasteiger partial charge on any atom is -0.334 e. The number of hydrogen-bond acceptors (Lipinski definition) is 3. The van der Waals surface area contributed by atoms with E-state index in [1.807, 2.05) is 31.2 Å². The third-order valence-electron chi connectivity index (χ3n) is 4.75. The Labute approximate surface area is 161 Å². The zero-order chi connectivity index (χ0) is 19.0. The van der Waals surface area contributed by atoms with Crippen molar-refractivity contribution in [2.45, 2.75) is 19.9 Å². The number of benzene rings is 2. The van der Waals surface area contributed by atoms with E-state index in [1.54, 1.807) is 29.2 Å². The number of H-pyrrole nitrogens is 1. The van der Waals surface area contributed by atoms with Gasteiger partial charge in [-0.15, -0.1) is 0 Å². The third-order valence-corrected chi connectivity index (χ3v) is 5.08. The Bertz CT molecular complexity index is 1090. The van der Waals surface area contributed by atoms with Gasteiger partial charge in [0.05, 0.1) is 28.4 Å². The van der Waals surface area contributed by atoms with Crippen LogP contribution in [0.2, 0.25) is 5.02 Å². The summed E-state index contributed by atoms with van der Waals surface area (Å²) in [5, 5.41) is 0.412. The van der Waals surface area contributed by atoms with Crippen LogP contribution in [0.1, 0.15) is 27.2 Å². The van der Waals surface area contributed by atoms with Crippen molar-refractivity contribution in [3.63, 3.8) is 0 Å². The molecule has 1 aliphatic heterocycles. The molecule has 0 saturated heterocycles. The summed E-state index contributed by atoms with van der Waals surface area (Å²) in [6.45, 7) is 2.73. The van der Waals surface area contributed by atoms with Crippen molar-refractivity contribution in [1.82, 2.24) is 14.9 Å². The van der Waals surface area contributed by atoms with Gasteiger partial charge in [-0.1, -0.05) is 47.5 Å². The van der Waals surface area contributed by atoms with E-state index >= 15 is 0 Å². The molecule has 0 fully saturated rings. The minimum atomic E-state index is -0.201. The van der Waals surface area contributed by atoms with Gasteiger partial charge in [0.25, 0.3) is 11.5 Å². The Morgan fingerprint density at radius 1 is 1.19 bits per heavy atom. The molecule has 3 aromatic rings. The van der Waals surface area contributed by atoms with Crippen LogP contribution in [0.15, 0.2) is 53.3 Å². The second kappa shape index (κ2) is 7.00. The van der Waals surface area contributed by atoms with Crippen LogP contribution < -0.4 is 5.56 Å². The lowest BCUT2D eigenvalue weighted by Gasteiger charge is -2.28. The first-order valence-corrected chi connectivity index (χ1v) is 9.13. The predicted octanol–water partition coefficient (Wildman–Crippen LogP) is 3.60. The number of fused-ring (bicyclic) bond motifs is 1. The molecule has 0 radical (unpaired) electrons. The van der Waals surface area contributed by atoms with E-state index in [0.717, 1.165) is 16.8 Å². The fourth-order valence-corrected chi connectivity index (χ4v) is 3.55. The molecule has 1 amide bonds. The molecular formula is C21H18ClN3O2. The molecule has 6 heteroatoms. The maximum absolute atomic E-state index is 12.8. The molecule has 0 saturated carbocycles. The third kappa shape index (κ3) is 3.38. The van der Waals surface area contributed by atoms with E-state index in [2.05, 4.69) is 9.97 Å². The summed E-state index contributed by atoms with van der Waals surface area (Å²) in [5.41, 5.74) is 3.52. The first-order chi connectivity index (χ1) is 13.0. The van der Waals surface area contributed by atoms with Gasteiger partial charge in [-0.2, -0.15) is 0 Å². The molecule has 0 unspecified atom stereocenters. The van der Waals surface area contributed by atoms with Gasteiger partial charge >= 0.3 is 0 Å². The number of hydrogen-bond donors (Lipinski definition) is 1. The summed E-state index contributed by atoms with van der Waals surface area (Å²) in [5.74, 6) is 0.391. The van der Waals surface area contributed by atoms with Crippen molar-refractivity contribution in [2.24, 2.45) is 0 Å². The van der Waals surface area contributed by atoms with Crippen LogP contribution in [0.25, 0.3) is 11.4 Å². The van der Waals surface area contributed by atoms with Crippen molar-refractivity contribution in [3.05, 3.63) is 86.3 Å². The van der Waals surface area contributed by atoms with Gasteiger partial charge in [0.1, 0.15) is 5.82 Å². The Hall–Kier alpha value is -2.92. The fourth-order valence-electron chi connectivity index (χ4n) is 3.33. The van der Waals surface area contributed by atoms with E-state index < -0.39 is 0 Å². The van der Waals surface area contributed by atoms with E-state index in [1.165, 1.54) is 0 Å². The fraction of sp³-hybridized carbons (Fsp3) is 0.190. The average Bonchev–Trinajstić information content (AvgIpc) is 2.67. The summed E-state index contributed by atoms with van der Waals surface area (Å²) in [7, 11) is 0. The van der Waals surface area contributed by atoms with Crippen LogP contribution in [-0.4, -0.2) is 27.3 Å². The molecule has 2 aromatic carbocycles. The van der Waals surface area contributed by atoms with Crippen molar-refractivity contribution in [2.75, 3.05) is 6.54 Å². The maximum atomic E-state index is 12.8. The molecule has 1 aliphatic rings. The first kappa shape index (κ1) is 17.5. The normalized spacial score (nSPS) is 13.3. The van der Waals surface area contributed by atoms with Crippen molar-refractivity contribution in [1.29, 1.82) is 0 Å². The average molecular weight is 380 g/mol. The summed E-state index contributed by atoms with van der Waals surface area (Å²) in [6, 6.07) is 14.8. The zero-order valence-electron chi connectivity index (χ0n) is 14.8. The van der Waals surface area contributed by atoms with Gasteiger partial charge < -0.3 is 9.88 Å². The van der Waals surface area contributed by atoms with Crippen molar-refractivity contribution in [3.8, 4) is 11.4 Å². The van der Waals surface area contributed by atoms with E-state index in [0.29, 0.717) is 34.9 Å². The highest BCUT2D eigenvalue weighted by molar-refractivity contribution is 6.33. The Balaban J connectivity index is 1.65. The van der Waals surface area contributed by atoms with Crippen molar-refractivity contribution >= 4 is 17.5 Å². The van der Waals surface area contributed by atoms with Gasteiger partial charge in [-0.3, -0.25) is 9.59 Å². The van der Waals surface area contributed by atoms with Gasteiger partial charge in [-0.25, -0.2) is 4.98 Å². The molecule has 0 spiro atoms. The van der Waals surface area contributed by atoms with Crippen LogP contribution >= 0.6 is 11.6 Å².